The third-order valence-corrected chi connectivity index (χ3v) is 4.86. The van der Waals surface area contributed by atoms with Gasteiger partial charge in [0, 0.05) is 6.07 Å². The first kappa shape index (κ1) is 19.0. The number of hydrogen-bond acceptors (Lipinski definition) is 5. The first-order valence-corrected chi connectivity index (χ1v) is 8.57. The maximum atomic E-state index is 11.1. The largest absolute Gasteiger partial charge is 0.469 e. The zero-order valence-corrected chi connectivity index (χ0v) is 15.1. The van der Waals surface area contributed by atoms with Crippen LogP contribution in [0.3, 0.4) is 0 Å². The van der Waals surface area contributed by atoms with Crippen molar-refractivity contribution in [3.8, 4) is 0 Å². The van der Waals surface area contributed by atoms with Gasteiger partial charge >= 0.3 is 5.97 Å². The van der Waals surface area contributed by atoms with E-state index in [1.54, 1.807) is 13.8 Å². The Morgan fingerprint density at radius 3 is 2.52 bits per heavy atom. The van der Waals surface area contributed by atoms with Gasteiger partial charge in [0.1, 0.15) is 0 Å². The molecule has 0 aliphatic heterocycles. The monoisotopic (exact) mass is 347 g/mol. The molecule has 2 aliphatic rings. The van der Waals surface area contributed by atoms with E-state index < -0.39 is 0 Å². The van der Waals surface area contributed by atoms with Crippen LogP contribution in [-0.2, 0) is 27.2 Å². The fraction of sp³-hybridized carbons (Fsp3) is 0.526. The third-order valence-electron chi connectivity index (χ3n) is 4.86. The second-order valence-electron chi connectivity index (χ2n) is 6.48. The van der Waals surface area contributed by atoms with E-state index in [-0.39, 0.29) is 23.7 Å². The maximum Gasteiger partial charge on any atom is 0.309 e. The first-order chi connectivity index (χ1) is 11.8. The molecule has 0 saturated carbocycles. The zero-order chi connectivity index (χ0) is 18.6. The van der Waals surface area contributed by atoms with Gasteiger partial charge in [0.05, 0.1) is 19.2 Å². The van der Waals surface area contributed by atoms with Gasteiger partial charge in [-0.15, -0.1) is 0 Å². The Morgan fingerprint density at radius 1 is 1.20 bits per heavy atom. The Balaban J connectivity index is 0.000000181. The summed E-state index contributed by atoms with van der Waals surface area (Å²) in [6, 6.07) is 1.54. The fourth-order valence-electron chi connectivity index (χ4n) is 3.52. The summed E-state index contributed by atoms with van der Waals surface area (Å²) >= 11 is 0. The molecule has 0 fully saturated rings. The molecule has 0 spiro atoms. The molecule has 0 atom stereocenters. The van der Waals surface area contributed by atoms with Crippen molar-refractivity contribution in [1.29, 1.82) is 0 Å². The summed E-state index contributed by atoms with van der Waals surface area (Å²) in [7, 11) is 1.37. The number of esters is 1. The Bertz CT molecular complexity index is 773. The summed E-state index contributed by atoms with van der Waals surface area (Å²) in [6.07, 6.45) is 6.02. The third kappa shape index (κ3) is 4.38. The van der Waals surface area contributed by atoms with E-state index in [0.29, 0.717) is 5.69 Å². The summed E-state index contributed by atoms with van der Waals surface area (Å²) in [5.74, 6) is -0.160. The van der Waals surface area contributed by atoms with Gasteiger partial charge < -0.3 is 9.94 Å². The Labute approximate surface area is 147 Å². The minimum Gasteiger partial charge on any atom is -0.469 e. The highest BCUT2D eigenvalue weighted by molar-refractivity contribution is 5.95. The SMILES string of the molecule is COC(=O)CC1=C(C(C)=O)CCC1.Cc1c2c(cc(=O)n1O)CCC2. The van der Waals surface area contributed by atoms with Crippen LogP contribution in [0.5, 0.6) is 0 Å². The predicted molar refractivity (Wildman–Crippen MR) is 92.8 cm³/mol. The average Bonchev–Trinajstić information content (AvgIpc) is 3.22. The molecule has 0 radical (unpaired) electrons. The summed E-state index contributed by atoms with van der Waals surface area (Å²) in [5.41, 5.74) is 4.47. The maximum absolute atomic E-state index is 11.1. The van der Waals surface area contributed by atoms with Crippen LogP contribution in [-0.4, -0.2) is 28.8 Å². The van der Waals surface area contributed by atoms with E-state index in [4.69, 9.17) is 0 Å². The van der Waals surface area contributed by atoms with Crippen LogP contribution in [0.25, 0.3) is 0 Å². The van der Waals surface area contributed by atoms with Gasteiger partial charge in [-0.3, -0.25) is 14.4 Å². The van der Waals surface area contributed by atoms with E-state index >= 15 is 0 Å². The van der Waals surface area contributed by atoms with Crippen LogP contribution in [0.2, 0.25) is 0 Å². The van der Waals surface area contributed by atoms with E-state index in [9.17, 15) is 19.6 Å². The molecule has 1 aromatic heterocycles. The zero-order valence-electron chi connectivity index (χ0n) is 15.1. The topological polar surface area (TPSA) is 85.6 Å². The molecule has 1 heterocycles. The Kier molecular flexibility index (Phi) is 6.17. The van der Waals surface area contributed by atoms with Crippen molar-refractivity contribution in [3.05, 3.63) is 44.4 Å². The second-order valence-corrected chi connectivity index (χ2v) is 6.48. The number of Topliss-reactive ketones (excluding diaryl/α,β-unsaturated/α-hetero) is 1. The molecule has 0 amide bonds. The summed E-state index contributed by atoms with van der Waals surface area (Å²) in [5, 5.41) is 9.27. The number of fused-ring (bicyclic) bond motifs is 1. The van der Waals surface area contributed by atoms with Crippen molar-refractivity contribution < 1.29 is 19.5 Å². The summed E-state index contributed by atoms with van der Waals surface area (Å²) in [6.45, 7) is 3.34. The number of carbonyl (C=O) groups excluding carboxylic acids is 2. The van der Waals surface area contributed by atoms with Crippen LogP contribution in [0, 0.1) is 6.92 Å². The van der Waals surface area contributed by atoms with Crippen LogP contribution >= 0.6 is 0 Å². The highest BCUT2D eigenvalue weighted by Crippen LogP contribution is 2.29. The minimum absolute atomic E-state index is 0.0939. The molecule has 1 N–H and O–H groups in total. The number of carbonyl (C=O) groups is 2. The van der Waals surface area contributed by atoms with Crippen molar-refractivity contribution in [2.24, 2.45) is 0 Å². The van der Waals surface area contributed by atoms with Crippen LogP contribution in [0.1, 0.15) is 55.8 Å². The molecule has 3 rings (SSSR count). The fourth-order valence-corrected chi connectivity index (χ4v) is 3.52. The minimum atomic E-state index is -0.312. The van der Waals surface area contributed by atoms with E-state index in [2.05, 4.69) is 4.74 Å². The van der Waals surface area contributed by atoms with Crippen molar-refractivity contribution in [2.45, 2.75) is 58.8 Å². The summed E-state index contributed by atoms with van der Waals surface area (Å²) in [4.78, 5) is 33.2. The van der Waals surface area contributed by atoms with Crippen LogP contribution < -0.4 is 5.56 Å². The molecule has 136 valence electrons. The standard InChI is InChI=1S/C10H14O3.C9H11NO2/c1-7(11)9-5-3-4-8(9)6-10(12)13-2;1-6-8-4-2-3-7(8)5-9(11)10(6)12/h3-6H2,1-2H3;5,12H,2-4H2,1H3. The number of allylic oxidation sites excluding steroid dienone is 1. The molecule has 2 aliphatic carbocycles. The van der Waals surface area contributed by atoms with Gasteiger partial charge in [-0.05, 0) is 69.1 Å². The average molecular weight is 347 g/mol. The lowest BCUT2D eigenvalue weighted by Gasteiger charge is -2.06. The molecule has 6 nitrogen and oxygen atoms in total. The number of aromatic nitrogens is 1. The smallest absolute Gasteiger partial charge is 0.309 e. The predicted octanol–water partition coefficient (Wildman–Crippen LogP) is 2.50. The first-order valence-electron chi connectivity index (χ1n) is 8.57. The number of ketones is 1. The molecule has 0 unspecified atom stereocenters. The van der Waals surface area contributed by atoms with Gasteiger partial charge in [0.2, 0.25) is 0 Å². The molecular formula is C19H25NO5. The lowest BCUT2D eigenvalue weighted by molar-refractivity contribution is -0.139. The number of rotatable bonds is 3. The molecular weight excluding hydrogens is 322 g/mol. The number of methoxy groups -OCH3 is 1. The Morgan fingerprint density at radius 2 is 1.88 bits per heavy atom. The van der Waals surface area contributed by atoms with Crippen LogP contribution in [0.4, 0.5) is 0 Å². The van der Waals surface area contributed by atoms with Crippen molar-refractivity contribution >= 4 is 11.8 Å². The molecule has 0 bridgehead atoms. The van der Waals surface area contributed by atoms with Crippen molar-refractivity contribution in [2.75, 3.05) is 7.11 Å². The Hall–Kier alpha value is -2.37. The highest BCUT2D eigenvalue weighted by Gasteiger charge is 2.20. The van der Waals surface area contributed by atoms with Gasteiger partial charge in [-0.1, -0.05) is 5.57 Å². The van der Waals surface area contributed by atoms with Gasteiger partial charge in [-0.25, -0.2) is 0 Å². The van der Waals surface area contributed by atoms with Crippen LogP contribution in [0.15, 0.2) is 22.0 Å². The highest BCUT2D eigenvalue weighted by atomic mass is 16.5. The quantitative estimate of drug-likeness (QED) is 0.671. The molecule has 1 aromatic rings. The van der Waals surface area contributed by atoms with E-state index in [1.165, 1.54) is 13.2 Å². The number of ether oxygens (including phenoxy) is 1. The molecule has 0 aromatic carbocycles. The summed E-state index contributed by atoms with van der Waals surface area (Å²) < 4.78 is 5.30. The normalized spacial score (nSPS) is 15.5. The number of nitrogens with zero attached hydrogens (tertiary/aromatic N) is 1. The molecule has 0 saturated heterocycles. The van der Waals surface area contributed by atoms with E-state index in [0.717, 1.165) is 65.5 Å². The second kappa shape index (κ2) is 8.14. The van der Waals surface area contributed by atoms with Crippen molar-refractivity contribution in [3.63, 3.8) is 0 Å². The number of pyridine rings is 1. The van der Waals surface area contributed by atoms with Gasteiger partial charge in [-0.2, -0.15) is 4.73 Å². The van der Waals surface area contributed by atoms with Gasteiger partial charge in [0.25, 0.3) is 5.56 Å². The lowest BCUT2D eigenvalue weighted by atomic mass is 10.1. The molecule has 6 heteroatoms. The number of aryl methyl sites for hydroxylation is 1. The molecule has 25 heavy (non-hydrogen) atoms. The number of hydrogen-bond donors (Lipinski definition) is 1. The van der Waals surface area contributed by atoms with E-state index in [1.807, 2.05) is 0 Å². The van der Waals surface area contributed by atoms with Crippen molar-refractivity contribution in [1.82, 2.24) is 4.73 Å². The van der Waals surface area contributed by atoms with Gasteiger partial charge in [0.15, 0.2) is 5.78 Å². The lowest BCUT2D eigenvalue weighted by Crippen LogP contribution is -2.20.